The smallest absolute Gasteiger partial charge is 0.151 e. The van der Waals surface area contributed by atoms with Crippen molar-refractivity contribution in [3.05, 3.63) is 42.5 Å². The second-order valence-electron chi connectivity index (χ2n) is 5.36. The highest BCUT2D eigenvalue weighted by Gasteiger charge is 2.33. The Morgan fingerprint density at radius 1 is 1.14 bits per heavy atom. The first-order chi connectivity index (χ1) is 9.96. The number of hydrogen-bond donors (Lipinski definition) is 0. The maximum absolute atomic E-state index is 12.6. The maximum atomic E-state index is 12.6. The number of benzene rings is 2. The Labute approximate surface area is 127 Å². The molecule has 2 aromatic rings. The van der Waals surface area contributed by atoms with Crippen LogP contribution in [0.4, 0.5) is 0 Å². The molecule has 1 saturated heterocycles. The van der Waals surface area contributed by atoms with Crippen molar-refractivity contribution in [2.24, 2.45) is 0 Å². The fourth-order valence-electron chi connectivity index (χ4n) is 2.64. The molecule has 4 nitrogen and oxygen atoms in total. The summed E-state index contributed by atoms with van der Waals surface area (Å²) in [5, 5.41) is 2.14. The fraction of sp³-hybridized carbons (Fsp3) is 0.333. The third-order valence-corrected chi connectivity index (χ3v) is 7.14. The second kappa shape index (κ2) is 5.51. The van der Waals surface area contributed by atoms with E-state index in [-0.39, 0.29) is 17.5 Å². The van der Waals surface area contributed by atoms with E-state index in [1.54, 1.807) is 11.4 Å². The fourth-order valence-corrected chi connectivity index (χ4v) is 5.70. The predicted octanol–water partition coefficient (Wildman–Crippen LogP) is 1.98. The number of fused-ring (bicyclic) bond motifs is 1. The van der Waals surface area contributed by atoms with Crippen LogP contribution in [-0.4, -0.2) is 41.5 Å². The van der Waals surface area contributed by atoms with Crippen molar-refractivity contribution in [2.45, 2.75) is 17.4 Å². The molecule has 112 valence electrons. The van der Waals surface area contributed by atoms with Gasteiger partial charge in [-0.2, -0.15) is 0 Å². The van der Waals surface area contributed by atoms with Gasteiger partial charge in [0.05, 0.1) is 16.4 Å². The summed E-state index contributed by atoms with van der Waals surface area (Å²) in [5.41, 5.74) is 0. The van der Waals surface area contributed by atoms with E-state index in [2.05, 4.69) is 0 Å². The largest absolute Gasteiger partial charge is 0.237 e. The number of nitrogens with zero attached hydrogens (tertiary/aromatic N) is 1. The van der Waals surface area contributed by atoms with Crippen LogP contribution < -0.4 is 0 Å². The Hall–Kier alpha value is -1.24. The highest BCUT2D eigenvalue weighted by atomic mass is 32.2. The summed E-state index contributed by atoms with van der Waals surface area (Å²) in [4.78, 5) is 0.709. The summed E-state index contributed by atoms with van der Waals surface area (Å²) in [5.74, 6) is 0.291. The molecule has 1 aliphatic rings. The van der Waals surface area contributed by atoms with Crippen molar-refractivity contribution in [2.75, 3.05) is 18.6 Å². The molecule has 2 aromatic carbocycles. The molecule has 1 aliphatic heterocycles. The topological polar surface area (TPSA) is 54.5 Å². The van der Waals surface area contributed by atoms with Crippen LogP contribution in [0.2, 0.25) is 0 Å². The minimum atomic E-state index is -2.97. The molecule has 0 N–H and O–H groups in total. The summed E-state index contributed by atoms with van der Waals surface area (Å²) in [7, 11) is -2.57. The average Bonchev–Trinajstić information content (AvgIpc) is 2.85. The third-order valence-electron chi connectivity index (χ3n) is 3.91. The van der Waals surface area contributed by atoms with Gasteiger partial charge in [-0.15, -0.1) is 0 Å². The van der Waals surface area contributed by atoms with Gasteiger partial charge in [-0.25, -0.2) is 16.9 Å². The molecule has 21 heavy (non-hydrogen) atoms. The van der Waals surface area contributed by atoms with Gasteiger partial charge in [0.15, 0.2) is 9.84 Å². The molecule has 0 unspecified atom stereocenters. The number of rotatable bonds is 3. The molecule has 0 aliphatic carbocycles. The van der Waals surface area contributed by atoms with E-state index in [0.717, 1.165) is 10.8 Å². The van der Waals surface area contributed by atoms with Gasteiger partial charge in [-0.05, 0) is 29.3 Å². The van der Waals surface area contributed by atoms with Gasteiger partial charge in [0, 0.05) is 13.1 Å². The first-order valence-corrected chi connectivity index (χ1v) is 9.73. The van der Waals surface area contributed by atoms with Crippen LogP contribution >= 0.6 is 0 Å². The SMILES string of the molecule is CN([C@H]1CCS(=O)(=O)C1)[S@@](=O)c1ccc2ccccc2c1. The molecule has 3 rings (SSSR count). The Kier molecular flexibility index (Phi) is 3.86. The summed E-state index contributed by atoms with van der Waals surface area (Å²) < 4.78 is 37.4. The Bertz CT molecular complexity index is 801. The van der Waals surface area contributed by atoms with Gasteiger partial charge in [0.25, 0.3) is 0 Å². The van der Waals surface area contributed by atoms with E-state index in [0.29, 0.717) is 11.3 Å². The molecule has 0 spiro atoms. The van der Waals surface area contributed by atoms with Crippen molar-refractivity contribution >= 4 is 31.6 Å². The minimum absolute atomic E-state index is 0.100. The minimum Gasteiger partial charge on any atom is -0.237 e. The van der Waals surface area contributed by atoms with Crippen LogP contribution in [0, 0.1) is 0 Å². The molecule has 0 saturated carbocycles. The first-order valence-electron chi connectivity index (χ1n) is 6.80. The number of sulfone groups is 1. The normalized spacial score (nSPS) is 22.7. The van der Waals surface area contributed by atoms with Gasteiger partial charge in [-0.3, -0.25) is 0 Å². The van der Waals surface area contributed by atoms with E-state index < -0.39 is 20.8 Å². The summed E-state index contributed by atoms with van der Waals surface area (Å²) in [6.45, 7) is 0. The van der Waals surface area contributed by atoms with Crippen LogP contribution in [0.25, 0.3) is 10.8 Å². The van der Waals surface area contributed by atoms with Gasteiger partial charge in [-0.1, -0.05) is 30.3 Å². The van der Waals surface area contributed by atoms with Gasteiger partial charge >= 0.3 is 0 Å². The molecule has 0 aromatic heterocycles. The van der Waals surface area contributed by atoms with E-state index in [9.17, 15) is 12.6 Å². The average molecular weight is 323 g/mol. The van der Waals surface area contributed by atoms with Crippen molar-refractivity contribution in [1.29, 1.82) is 0 Å². The molecule has 1 heterocycles. The maximum Gasteiger partial charge on any atom is 0.151 e. The van der Waals surface area contributed by atoms with E-state index in [1.165, 1.54) is 0 Å². The summed E-state index contributed by atoms with van der Waals surface area (Å²) >= 11 is 0. The van der Waals surface area contributed by atoms with Crippen molar-refractivity contribution in [1.82, 2.24) is 4.31 Å². The Morgan fingerprint density at radius 3 is 2.52 bits per heavy atom. The van der Waals surface area contributed by atoms with Crippen molar-refractivity contribution in [3.8, 4) is 0 Å². The van der Waals surface area contributed by atoms with Crippen LogP contribution in [0.1, 0.15) is 6.42 Å². The lowest BCUT2D eigenvalue weighted by atomic mass is 10.1. The standard InChI is InChI=1S/C15H17NO3S2/c1-16(14-8-9-21(18,19)11-14)20(17)15-7-6-12-4-2-3-5-13(12)10-15/h2-7,10,14H,8-9,11H2,1H3/t14-,20-/m0/s1. The van der Waals surface area contributed by atoms with Gasteiger partial charge in [0.2, 0.25) is 0 Å². The Balaban J connectivity index is 1.86. The van der Waals surface area contributed by atoms with Crippen LogP contribution in [-0.2, 0) is 20.8 Å². The zero-order valence-corrected chi connectivity index (χ0v) is 13.4. The molecule has 0 bridgehead atoms. The molecular formula is C15H17NO3S2. The molecule has 6 heteroatoms. The van der Waals surface area contributed by atoms with Gasteiger partial charge < -0.3 is 0 Å². The predicted molar refractivity (Wildman–Crippen MR) is 85.2 cm³/mol. The van der Waals surface area contributed by atoms with Gasteiger partial charge in [0.1, 0.15) is 11.0 Å². The molecule has 2 atom stereocenters. The van der Waals surface area contributed by atoms with Crippen LogP contribution in [0.5, 0.6) is 0 Å². The zero-order chi connectivity index (χ0) is 15.0. The third kappa shape index (κ3) is 3.02. The summed E-state index contributed by atoms with van der Waals surface area (Å²) in [6.07, 6.45) is 0.554. The first kappa shape index (κ1) is 14.7. The van der Waals surface area contributed by atoms with E-state index in [1.807, 2.05) is 42.5 Å². The molecular weight excluding hydrogens is 306 g/mol. The lowest BCUT2D eigenvalue weighted by Crippen LogP contribution is -2.34. The zero-order valence-electron chi connectivity index (χ0n) is 11.7. The van der Waals surface area contributed by atoms with Crippen molar-refractivity contribution in [3.63, 3.8) is 0 Å². The lowest BCUT2D eigenvalue weighted by Gasteiger charge is -2.21. The molecule has 0 radical (unpaired) electrons. The monoisotopic (exact) mass is 323 g/mol. The summed E-state index contributed by atoms with van der Waals surface area (Å²) in [6, 6.07) is 13.4. The highest BCUT2D eigenvalue weighted by molar-refractivity contribution is 7.91. The molecule has 0 amide bonds. The Morgan fingerprint density at radius 2 is 1.86 bits per heavy atom. The van der Waals surface area contributed by atoms with Crippen molar-refractivity contribution < 1.29 is 12.6 Å². The van der Waals surface area contributed by atoms with Crippen LogP contribution in [0.3, 0.4) is 0 Å². The lowest BCUT2D eigenvalue weighted by molar-refractivity contribution is 0.422. The van der Waals surface area contributed by atoms with Crippen LogP contribution in [0.15, 0.2) is 47.4 Å². The van der Waals surface area contributed by atoms with E-state index >= 15 is 0 Å². The van der Waals surface area contributed by atoms with E-state index in [4.69, 9.17) is 0 Å². The quantitative estimate of drug-likeness (QED) is 0.868. The number of hydrogen-bond acceptors (Lipinski definition) is 3. The highest BCUT2D eigenvalue weighted by Crippen LogP contribution is 2.23. The second-order valence-corrected chi connectivity index (χ2v) is 9.14. The molecule has 1 fully saturated rings.